The highest BCUT2D eigenvalue weighted by molar-refractivity contribution is 9.10. The van der Waals surface area contributed by atoms with E-state index in [1.807, 2.05) is 32.9 Å². The number of carbonyl (C=O) groups is 1. The Kier molecular flexibility index (Phi) is 6.52. The molecule has 1 amide bonds. The monoisotopic (exact) mass is 411 g/mol. The minimum Gasteiger partial charge on any atom is -0.490 e. The van der Waals surface area contributed by atoms with E-state index >= 15 is 0 Å². The summed E-state index contributed by atoms with van der Waals surface area (Å²) in [6.45, 7) is 6.66. The zero-order valence-electron chi connectivity index (χ0n) is 13.8. The molecule has 0 aliphatic rings. The molecule has 0 aliphatic carbocycles. The molecular weight excluding hydrogens is 394 g/mol. The number of anilines is 1. The van der Waals surface area contributed by atoms with Crippen LogP contribution >= 0.6 is 27.5 Å². The van der Waals surface area contributed by atoms with Gasteiger partial charge in [0.05, 0.1) is 17.7 Å². The molecule has 0 atom stereocenters. The molecule has 0 unspecified atom stereocenters. The van der Waals surface area contributed by atoms with Crippen LogP contribution in [-0.2, 0) is 0 Å². The average molecular weight is 413 g/mol. The lowest BCUT2D eigenvalue weighted by molar-refractivity contribution is 0.102. The highest BCUT2D eigenvalue weighted by Gasteiger charge is 2.16. The topological polar surface area (TPSA) is 47.6 Å². The molecule has 128 valence electrons. The van der Waals surface area contributed by atoms with Gasteiger partial charge in [-0.25, -0.2) is 0 Å². The van der Waals surface area contributed by atoms with Gasteiger partial charge in [0.2, 0.25) is 0 Å². The van der Waals surface area contributed by atoms with Crippen molar-refractivity contribution in [3.63, 3.8) is 0 Å². The van der Waals surface area contributed by atoms with E-state index in [9.17, 15) is 4.79 Å². The van der Waals surface area contributed by atoms with Crippen molar-refractivity contribution in [2.75, 3.05) is 18.5 Å². The Morgan fingerprint density at radius 2 is 1.88 bits per heavy atom. The summed E-state index contributed by atoms with van der Waals surface area (Å²) < 4.78 is 11.8. The third kappa shape index (κ3) is 4.42. The van der Waals surface area contributed by atoms with Crippen molar-refractivity contribution in [3.05, 3.63) is 51.0 Å². The minimum atomic E-state index is -0.250. The van der Waals surface area contributed by atoms with Gasteiger partial charge in [-0.1, -0.05) is 17.7 Å². The summed E-state index contributed by atoms with van der Waals surface area (Å²) in [6.07, 6.45) is 0. The van der Waals surface area contributed by atoms with E-state index in [-0.39, 0.29) is 5.91 Å². The van der Waals surface area contributed by atoms with Gasteiger partial charge in [-0.3, -0.25) is 4.79 Å². The SMILES string of the molecule is CCOc1cc(C(=O)Nc2ccc(C)c(Cl)c2)cc(Br)c1OCC. The quantitative estimate of drug-likeness (QED) is 0.685. The Morgan fingerprint density at radius 1 is 1.17 bits per heavy atom. The Bertz CT molecular complexity index is 749. The van der Waals surface area contributed by atoms with Crippen LogP contribution in [0.15, 0.2) is 34.8 Å². The molecule has 4 nitrogen and oxygen atoms in total. The van der Waals surface area contributed by atoms with Crippen molar-refractivity contribution in [2.24, 2.45) is 0 Å². The van der Waals surface area contributed by atoms with E-state index in [1.54, 1.807) is 18.2 Å². The van der Waals surface area contributed by atoms with Crippen LogP contribution in [0.5, 0.6) is 11.5 Å². The zero-order valence-corrected chi connectivity index (χ0v) is 16.1. The maximum Gasteiger partial charge on any atom is 0.255 e. The number of hydrogen-bond acceptors (Lipinski definition) is 3. The summed E-state index contributed by atoms with van der Waals surface area (Å²) in [5, 5.41) is 3.44. The average Bonchev–Trinajstić information content (AvgIpc) is 2.54. The van der Waals surface area contributed by atoms with Crippen LogP contribution in [0.3, 0.4) is 0 Å². The number of ether oxygens (including phenoxy) is 2. The van der Waals surface area contributed by atoms with Gasteiger partial charge in [-0.2, -0.15) is 0 Å². The highest BCUT2D eigenvalue weighted by Crippen LogP contribution is 2.37. The third-order valence-corrected chi connectivity index (χ3v) is 4.29. The second-order valence-electron chi connectivity index (χ2n) is 5.07. The van der Waals surface area contributed by atoms with Gasteiger partial charge in [0, 0.05) is 16.3 Å². The van der Waals surface area contributed by atoms with Crippen molar-refractivity contribution in [1.29, 1.82) is 0 Å². The van der Waals surface area contributed by atoms with E-state index in [0.717, 1.165) is 5.56 Å². The van der Waals surface area contributed by atoms with Crippen molar-refractivity contribution in [1.82, 2.24) is 0 Å². The molecule has 0 bridgehead atoms. The fourth-order valence-corrected chi connectivity index (χ4v) is 2.86. The number of hydrogen-bond donors (Lipinski definition) is 1. The summed E-state index contributed by atoms with van der Waals surface area (Å²) in [6, 6.07) is 8.77. The number of benzene rings is 2. The molecule has 0 radical (unpaired) electrons. The lowest BCUT2D eigenvalue weighted by atomic mass is 10.1. The van der Waals surface area contributed by atoms with E-state index in [0.29, 0.717) is 45.5 Å². The predicted molar refractivity (Wildman–Crippen MR) is 101 cm³/mol. The first-order chi connectivity index (χ1) is 11.5. The molecule has 0 spiro atoms. The summed E-state index contributed by atoms with van der Waals surface area (Å²) >= 11 is 9.53. The van der Waals surface area contributed by atoms with Crippen LogP contribution in [-0.4, -0.2) is 19.1 Å². The Morgan fingerprint density at radius 3 is 2.50 bits per heavy atom. The van der Waals surface area contributed by atoms with Gasteiger partial charge in [0.15, 0.2) is 11.5 Å². The molecule has 2 rings (SSSR count). The van der Waals surface area contributed by atoms with Crippen molar-refractivity contribution >= 4 is 39.1 Å². The van der Waals surface area contributed by atoms with E-state index < -0.39 is 0 Å². The number of carbonyl (C=O) groups excluding carboxylic acids is 1. The molecule has 6 heteroatoms. The molecule has 0 saturated heterocycles. The van der Waals surface area contributed by atoms with Crippen molar-refractivity contribution in [3.8, 4) is 11.5 Å². The summed E-state index contributed by atoms with van der Waals surface area (Å²) in [4.78, 5) is 12.5. The van der Waals surface area contributed by atoms with E-state index in [2.05, 4.69) is 21.2 Å². The second-order valence-corrected chi connectivity index (χ2v) is 6.33. The van der Waals surface area contributed by atoms with Crippen LogP contribution in [0.1, 0.15) is 29.8 Å². The summed E-state index contributed by atoms with van der Waals surface area (Å²) in [5.41, 5.74) is 2.06. The number of rotatable bonds is 6. The molecule has 1 N–H and O–H groups in total. The number of nitrogens with one attached hydrogen (secondary N) is 1. The van der Waals surface area contributed by atoms with Crippen LogP contribution < -0.4 is 14.8 Å². The van der Waals surface area contributed by atoms with Gasteiger partial charge in [-0.15, -0.1) is 0 Å². The lowest BCUT2D eigenvalue weighted by Gasteiger charge is -2.14. The molecule has 0 heterocycles. The van der Waals surface area contributed by atoms with E-state index in [4.69, 9.17) is 21.1 Å². The fraction of sp³-hybridized carbons (Fsp3) is 0.278. The van der Waals surface area contributed by atoms with Crippen molar-refractivity contribution < 1.29 is 14.3 Å². The van der Waals surface area contributed by atoms with Crippen LogP contribution in [0.25, 0.3) is 0 Å². The van der Waals surface area contributed by atoms with Gasteiger partial charge in [-0.05, 0) is 66.5 Å². The lowest BCUT2D eigenvalue weighted by Crippen LogP contribution is -2.13. The molecule has 24 heavy (non-hydrogen) atoms. The predicted octanol–water partition coefficient (Wildman–Crippen LogP) is 5.46. The molecular formula is C18H19BrClNO3. The van der Waals surface area contributed by atoms with Crippen LogP contribution in [0.4, 0.5) is 5.69 Å². The smallest absolute Gasteiger partial charge is 0.255 e. The Hall–Kier alpha value is -1.72. The Labute approximate surface area is 155 Å². The summed E-state index contributed by atoms with van der Waals surface area (Å²) in [5.74, 6) is 0.870. The van der Waals surface area contributed by atoms with Gasteiger partial charge < -0.3 is 14.8 Å². The fourth-order valence-electron chi connectivity index (χ4n) is 2.12. The molecule has 2 aromatic rings. The molecule has 0 fully saturated rings. The van der Waals surface area contributed by atoms with Gasteiger partial charge >= 0.3 is 0 Å². The van der Waals surface area contributed by atoms with Crippen LogP contribution in [0.2, 0.25) is 5.02 Å². The minimum absolute atomic E-state index is 0.250. The van der Waals surface area contributed by atoms with Gasteiger partial charge in [0.25, 0.3) is 5.91 Å². The van der Waals surface area contributed by atoms with Crippen LogP contribution in [0, 0.1) is 6.92 Å². The molecule has 0 saturated carbocycles. The maximum absolute atomic E-state index is 12.5. The largest absolute Gasteiger partial charge is 0.490 e. The molecule has 0 aromatic heterocycles. The molecule has 2 aromatic carbocycles. The normalized spacial score (nSPS) is 10.4. The van der Waals surface area contributed by atoms with E-state index in [1.165, 1.54) is 0 Å². The second kappa shape index (κ2) is 8.40. The van der Waals surface area contributed by atoms with Crippen molar-refractivity contribution in [2.45, 2.75) is 20.8 Å². The number of aryl methyl sites for hydroxylation is 1. The maximum atomic E-state index is 12.5. The third-order valence-electron chi connectivity index (χ3n) is 3.29. The number of amides is 1. The molecule has 0 aliphatic heterocycles. The first-order valence-electron chi connectivity index (χ1n) is 7.62. The first-order valence-corrected chi connectivity index (χ1v) is 8.80. The highest BCUT2D eigenvalue weighted by atomic mass is 79.9. The van der Waals surface area contributed by atoms with Gasteiger partial charge in [0.1, 0.15) is 0 Å². The zero-order chi connectivity index (χ0) is 17.7. The summed E-state index contributed by atoms with van der Waals surface area (Å²) in [7, 11) is 0. The Balaban J connectivity index is 2.29. The first kappa shape index (κ1) is 18.6. The number of halogens is 2. The standard InChI is InChI=1S/C18H19BrClNO3/c1-4-23-16-9-12(8-14(19)17(16)24-5-2)18(22)21-13-7-6-11(3)15(20)10-13/h6-10H,4-5H2,1-3H3,(H,21,22).